The highest BCUT2D eigenvalue weighted by molar-refractivity contribution is 5.78. The summed E-state index contributed by atoms with van der Waals surface area (Å²) < 4.78 is 0. The highest BCUT2D eigenvalue weighted by Gasteiger charge is 2.24. The first-order valence-corrected chi connectivity index (χ1v) is 8.18. The smallest absolute Gasteiger partial charge is 0.233 e. The van der Waals surface area contributed by atoms with Crippen molar-refractivity contribution < 1.29 is 9.59 Å². The Labute approximate surface area is 137 Å². The van der Waals surface area contributed by atoms with Crippen molar-refractivity contribution in [3.63, 3.8) is 0 Å². The number of amides is 2. The van der Waals surface area contributed by atoms with Gasteiger partial charge in [-0.05, 0) is 18.9 Å². The van der Waals surface area contributed by atoms with Gasteiger partial charge in [0.1, 0.15) is 0 Å². The van der Waals surface area contributed by atoms with Crippen LogP contribution in [0.3, 0.4) is 0 Å². The number of nitrogens with zero attached hydrogens (tertiary/aromatic N) is 2. The lowest BCUT2D eigenvalue weighted by atomic mass is 10.1. The summed E-state index contributed by atoms with van der Waals surface area (Å²) in [7, 11) is 0. The number of hydrogen-bond acceptors (Lipinski definition) is 4. The predicted octanol–water partition coefficient (Wildman–Crippen LogP) is 1.05. The zero-order chi connectivity index (χ0) is 16.7. The van der Waals surface area contributed by atoms with Crippen LogP contribution in [0.1, 0.15) is 37.8 Å². The van der Waals surface area contributed by atoms with Gasteiger partial charge in [-0.15, -0.1) is 0 Å². The summed E-state index contributed by atoms with van der Waals surface area (Å²) in [5.74, 6) is 4.93. The van der Waals surface area contributed by atoms with E-state index in [1.54, 1.807) is 0 Å². The summed E-state index contributed by atoms with van der Waals surface area (Å²) in [4.78, 5) is 27.5. The average Bonchev–Trinajstić information content (AvgIpc) is 2.61. The van der Waals surface area contributed by atoms with Crippen molar-refractivity contribution in [2.45, 2.75) is 32.2 Å². The minimum absolute atomic E-state index is 0.127. The molecule has 126 valence electrons. The molecule has 1 aliphatic rings. The van der Waals surface area contributed by atoms with E-state index in [1.807, 2.05) is 11.0 Å². The number of carbonyl (C=O) groups is 2. The molecule has 0 saturated carbocycles. The van der Waals surface area contributed by atoms with Gasteiger partial charge in [0.2, 0.25) is 11.8 Å². The fraction of sp³-hybridized carbons (Fsp3) is 0.529. The number of benzene rings is 1. The predicted molar refractivity (Wildman–Crippen MR) is 89.2 cm³/mol. The van der Waals surface area contributed by atoms with Crippen LogP contribution in [0.2, 0.25) is 0 Å². The molecule has 0 bridgehead atoms. The summed E-state index contributed by atoms with van der Waals surface area (Å²) in [5, 5.41) is 0. The van der Waals surface area contributed by atoms with E-state index in [0.29, 0.717) is 25.3 Å². The van der Waals surface area contributed by atoms with Crippen molar-refractivity contribution in [3.05, 3.63) is 35.9 Å². The van der Waals surface area contributed by atoms with Crippen LogP contribution in [-0.4, -0.2) is 47.8 Å². The number of rotatable bonds is 6. The van der Waals surface area contributed by atoms with E-state index in [0.717, 1.165) is 26.2 Å². The van der Waals surface area contributed by atoms with Crippen LogP contribution in [0.15, 0.2) is 30.3 Å². The summed E-state index contributed by atoms with van der Waals surface area (Å²) >= 11 is 0. The molecular formula is C17H26N4O2. The van der Waals surface area contributed by atoms with E-state index < -0.39 is 0 Å². The highest BCUT2D eigenvalue weighted by Crippen LogP contribution is 2.21. The van der Waals surface area contributed by atoms with Crippen molar-refractivity contribution in [2.75, 3.05) is 26.2 Å². The number of nitrogens with one attached hydrogen (secondary N) is 1. The minimum atomic E-state index is -0.223. The molecule has 1 aromatic rings. The van der Waals surface area contributed by atoms with Crippen LogP contribution in [0.25, 0.3) is 0 Å². The van der Waals surface area contributed by atoms with E-state index in [-0.39, 0.29) is 11.8 Å². The third-order valence-corrected chi connectivity index (χ3v) is 4.45. The maximum Gasteiger partial charge on any atom is 0.233 e. The summed E-state index contributed by atoms with van der Waals surface area (Å²) in [6, 6.07) is 10.8. The standard InChI is InChI=1S/C17H26N4O2/c1-14(15-6-3-2-4-7-15)20-10-12-21(13-11-20)17(23)9-5-8-16(22)19-18/h2-4,6-7,14H,5,8-13,18H2,1H3,(H,19,22). The van der Waals surface area contributed by atoms with Crippen molar-refractivity contribution in [1.29, 1.82) is 0 Å². The second-order valence-electron chi connectivity index (χ2n) is 5.92. The number of piperazine rings is 1. The lowest BCUT2D eigenvalue weighted by molar-refractivity contribution is -0.133. The molecule has 0 spiro atoms. The Morgan fingerprint density at radius 2 is 1.78 bits per heavy atom. The molecule has 3 N–H and O–H groups in total. The van der Waals surface area contributed by atoms with E-state index in [2.05, 4.69) is 41.5 Å². The van der Waals surface area contributed by atoms with Gasteiger partial charge >= 0.3 is 0 Å². The molecule has 1 saturated heterocycles. The molecule has 1 aromatic carbocycles. The van der Waals surface area contributed by atoms with Crippen molar-refractivity contribution in [2.24, 2.45) is 5.84 Å². The van der Waals surface area contributed by atoms with Crippen LogP contribution >= 0.6 is 0 Å². The van der Waals surface area contributed by atoms with Crippen LogP contribution < -0.4 is 11.3 Å². The van der Waals surface area contributed by atoms with Gasteiger partial charge in [0.25, 0.3) is 0 Å². The fourth-order valence-electron chi connectivity index (χ4n) is 2.93. The Bertz CT molecular complexity index is 513. The van der Waals surface area contributed by atoms with Gasteiger partial charge in [0.05, 0.1) is 0 Å². The lowest BCUT2D eigenvalue weighted by Gasteiger charge is -2.38. The topological polar surface area (TPSA) is 78.7 Å². The first-order valence-electron chi connectivity index (χ1n) is 8.18. The SMILES string of the molecule is CC(c1ccccc1)N1CCN(C(=O)CCCC(=O)NN)CC1. The number of hydrogen-bond donors (Lipinski definition) is 2. The quantitative estimate of drug-likeness (QED) is 0.467. The van der Waals surface area contributed by atoms with E-state index in [9.17, 15) is 9.59 Å². The Hall–Kier alpha value is -1.92. The average molecular weight is 318 g/mol. The van der Waals surface area contributed by atoms with Crippen LogP contribution in [-0.2, 0) is 9.59 Å². The van der Waals surface area contributed by atoms with Gasteiger partial charge in [0, 0.05) is 45.1 Å². The monoisotopic (exact) mass is 318 g/mol. The lowest BCUT2D eigenvalue weighted by Crippen LogP contribution is -2.49. The molecule has 1 fully saturated rings. The van der Waals surface area contributed by atoms with Gasteiger partial charge in [-0.1, -0.05) is 30.3 Å². The second kappa shape index (κ2) is 8.64. The molecule has 0 aromatic heterocycles. The van der Waals surface area contributed by atoms with Crippen molar-refractivity contribution in [1.82, 2.24) is 15.2 Å². The number of carbonyl (C=O) groups excluding carboxylic acids is 2. The van der Waals surface area contributed by atoms with Gasteiger partial charge in [-0.25, -0.2) is 5.84 Å². The molecule has 2 rings (SSSR count). The van der Waals surface area contributed by atoms with E-state index in [4.69, 9.17) is 5.84 Å². The van der Waals surface area contributed by atoms with Gasteiger partial charge in [-0.2, -0.15) is 0 Å². The molecule has 6 heteroatoms. The molecule has 0 radical (unpaired) electrons. The summed E-state index contributed by atoms with van der Waals surface area (Å²) in [6.07, 6.45) is 1.25. The zero-order valence-corrected chi connectivity index (χ0v) is 13.7. The van der Waals surface area contributed by atoms with E-state index >= 15 is 0 Å². The van der Waals surface area contributed by atoms with Crippen LogP contribution in [0.5, 0.6) is 0 Å². The fourth-order valence-corrected chi connectivity index (χ4v) is 2.93. The van der Waals surface area contributed by atoms with Gasteiger partial charge in [0.15, 0.2) is 0 Å². The largest absolute Gasteiger partial charge is 0.340 e. The zero-order valence-electron chi connectivity index (χ0n) is 13.7. The highest BCUT2D eigenvalue weighted by atomic mass is 16.2. The number of nitrogens with two attached hydrogens (primary N) is 1. The third kappa shape index (κ3) is 5.04. The minimum Gasteiger partial charge on any atom is -0.340 e. The molecule has 0 aliphatic carbocycles. The second-order valence-corrected chi connectivity index (χ2v) is 5.92. The molecule has 2 amide bonds. The normalized spacial score (nSPS) is 16.9. The summed E-state index contributed by atoms with van der Waals surface area (Å²) in [5.41, 5.74) is 3.39. The summed E-state index contributed by atoms with van der Waals surface area (Å²) in [6.45, 7) is 5.46. The Balaban J connectivity index is 1.75. The molecule has 23 heavy (non-hydrogen) atoms. The molecule has 1 unspecified atom stereocenters. The van der Waals surface area contributed by atoms with Crippen LogP contribution in [0.4, 0.5) is 0 Å². The molecule has 1 atom stereocenters. The van der Waals surface area contributed by atoms with Crippen molar-refractivity contribution in [3.8, 4) is 0 Å². The molecular weight excluding hydrogens is 292 g/mol. The molecule has 1 heterocycles. The maximum absolute atomic E-state index is 12.2. The third-order valence-electron chi connectivity index (χ3n) is 4.45. The van der Waals surface area contributed by atoms with Crippen LogP contribution in [0, 0.1) is 0 Å². The van der Waals surface area contributed by atoms with Gasteiger partial charge in [-0.3, -0.25) is 19.9 Å². The Morgan fingerprint density at radius 3 is 2.39 bits per heavy atom. The van der Waals surface area contributed by atoms with Gasteiger partial charge < -0.3 is 4.90 Å². The number of hydrazine groups is 1. The maximum atomic E-state index is 12.2. The Morgan fingerprint density at radius 1 is 1.13 bits per heavy atom. The molecule has 6 nitrogen and oxygen atoms in total. The first-order chi connectivity index (χ1) is 11.1. The first kappa shape index (κ1) is 17.4. The Kier molecular flexibility index (Phi) is 6.55. The molecule has 1 aliphatic heterocycles. The van der Waals surface area contributed by atoms with E-state index in [1.165, 1.54) is 5.56 Å². The van der Waals surface area contributed by atoms with Crippen molar-refractivity contribution >= 4 is 11.8 Å².